The summed E-state index contributed by atoms with van der Waals surface area (Å²) in [6, 6.07) is 0. The molecule has 0 radical (unpaired) electrons. The molecule has 1 aromatic heterocycles. The predicted octanol–water partition coefficient (Wildman–Crippen LogP) is 2.24. The number of aromatic nitrogens is 2. The van der Waals surface area contributed by atoms with Gasteiger partial charge in [-0.25, -0.2) is 9.97 Å². The molecule has 0 bridgehead atoms. The molecule has 0 unspecified atom stereocenters. The van der Waals surface area contributed by atoms with Crippen LogP contribution in [0.5, 0.6) is 0 Å². The van der Waals surface area contributed by atoms with Gasteiger partial charge in [0.05, 0.1) is 5.69 Å². The van der Waals surface area contributed by atoms with Crippen molar-refractivity contribution in [2.75, 3.05) is 6.26 Å². The molecule has 0 saturated heterocycles. The van der Waals surface area contributed by atoms with Gasteiger partial charge in [-0.05, 0) is 24.7 Å². The third-order valence-corrected chi connectivity index (χ3v) is 2.73. The Morgan fingerprint density at radius 3 is 3.15 bits per heavy atom. The Labute approximate surface area is 82.5 Å². The highest BCUT2D eigenvalue weighted by Gasteiger charge is 2.07. The smallest absolute Gasteiger partial charge is 0.187 e. The summed E-state index contributed by atoms with van der Waals surface area (Å²) in [4.78, 5) is 8.77. The maximum absolute atomic E-state index is 4.49. The van der Waals surface area contributed by atoms with Crippen molar-refractivity contribution in [2.24, 2.45) is 0 Å². The molecule has 1 aliphatic rings. The van der Waals surface area contributed by atoms with E-state index < -0.39 is 0 Å². The zero-order valence-corrected chi connectivity index (χ0v) is 8.47. The van der Waals surface area contributed by atoms with Gasteiger partial charge in [-0.3, -0.25) is 0 Å². The number of thioether (sulfide) groups is 1. The molecule has 0 atom stereocenters. The Morgan fingerprint density at radius 2 is 2.31 bits per heavy atom. The number of allylic oxidation sites excluding steroid dienone is 2. The summed E-state index contributed by atoms with van der Waals surface area (Å²) in [7, 11) is 0. The van der Waals surface area contributed by atoms with E-state index >= 15 is 0 Å². The molecule has 0 amide bonds. The van der Waals surface area contributed by atoms with Gasteiger partial charge in [-0.1, -0.05) is 23.9 Å². The van der Waals surface area contributed by atoms with E-state index in [1.165, 1.54) is 11.3 Å². The van der Waals surface area contributed by atoms with Gasteiger partial charge in [-0.2, -0.15) is 0 Å². The Balaban J connectivity index is 2.37. The maximum atomic E-state index is 4.49. The Bertz CT molecular complexity index is 334. The zero-order chi connectivity index (χ0) is 9.10. The average molecular weight is 192 g/mol. The number of hydrogen-bond donors (Lipinski definition) is 0. The second kappa shape index (κ2) is 3.92. The van der Waals surface area contributed by atoms with Crippen LogP contribution >= 0.6 is 11.8 Å². The number of rotatable bonds is 1. The summed E-state index contributed by atoms with van der Waals surface area (Å²) in [5, 5.41) is 0.883. The predicted molar refractivity (Wildman–Crippen MR) is 55.0 cm³/mol. The molecule has 0 spiro atoms. The largest absolute Gasteiger partial charge is 0.231 e. The normalized spacial score (nSPS) is 15.2. The first-order valence-corrected chi connectivity index (χ1v) is 5.66. The summed E-state index contributed by atoms with van der Waals surface area (Å²) in [5.74, 6) is 0. The summed E-state index contributed by atoms with van der Waals surface area (Å²) in [6.45, 7) is 0. The molecule has 0 fully saturated rings. The standard InChI is InChI=1S/C10H12N2S/c1-13-10-11-7-8-5-3-2-4-6-9(8)12-10/h2,4,7H,3,5-6H2,1H3. The fourth-order valence-electron chi connectivity index (χ4n) is 1.46. The Hall–Kier alpha value is -0.830. The monoisotopic (exact) mass is 192 g/mol. The van der Waals surface area contributed by atoms with Gasteiger partial charge in [-0.15, -0.1) is 0 Å². The van der Waals surface area contributed by atoms with Crippen molar-refractivity contribution in [1.82, 2.24) is 9.97 Å². The van der Waals surface area contributed by atoms with E-state index in [-0.39, 0.29) is 0 Å². The molecule has 13 heavy (non-hydrogen) atoms. The molecule has 2 nitrogen and oxygen atoms in total. The first kappa shape index (κ1) is 8.75. The molecule has 1 aliphatic carbocycles. The van der Waals surface area contributed by atoms with Gasteiger partial charge >= 0.3 is 0 Å². The molecular weight excluding hydrogens is 180 g/mol. The minimum absolute atomic E-state index is 0.883. The summed E-state index contributed by atoms with van der Waals surface area (Å²) in [5.41, 5.74) is 2.51. The van der Waals surface area contributed by atoms with E-state index in [1.54, 1.807) is 11.8 Å². The number of hydrogen-bond acceptors (Lipinski definition) is 3. The lowest BCUT2D eigenvalue weighted by Crippen LogP contribution is -1.98. The lowest BCUT2D eigenvalue weighted by atomic mass is 10.1. The molecule has 0 saturated carbocycles. The van der Waals surface area contributed by atoms with E-state index in [1.807, 2.05) is 12.5 Å². The van der Waals surface area contributed by atoms with Crippen molar-refractivity contribution in [3.05, 3.63) is 29.6 Å². The minimum atomic E-state index is 0.883. The second-order valence-corrected chi connectivity index (χ2v) is 3.82. The summed E-state index contributed by atoms with van der Waals surface area (Å²) in [6.07, 6.45) is 11.6. The van der Waals surface area contributed by atoms with E-state index in [0.717, 1.165) is 24.4 Å². The van der Waals surface area contributed by atoms with Crippen LogP contribution in [0, 0.1) is 0 Å². The van der Waals surface area contributed by atoms with Crippen LogP contribution in [0.15, 0.2) is 23.5 Å². The Kier molecular flexibility index (Phi) is 2.64. The average Bonchev–Trinajstić information content (AvgIpc) is 2.41. The van der Waals surface area contributed by atoms with Crippen LogP contribution in [0.3, 0.4) is 0 Å². The highest BCUT2D eigenvalue weighted by atomic mass is 32.2. The van der Waals surface area contributed by atoms with Crippen LogP contribution in [0.25, 0.3) is 0 Å². The van der Waals surface area contributed by atoms with Crippen molar-refractivity contribution < 1.29 is 0 Å². The van der Waals surface area contributed by atoms with Crippen molar-refractivity contribution in [1.29, 1.82) is 0 Å². The van der Waals surface area contributed by atoms with Crippen LogP contribution in [-0.2, 0) is 12.8 Å². The lowest BCUT2D eigenvalue weighted by Gasteiger charge is -2.04. The summed E-state index contributed by atoms with van der Waals surface area (Å²) >= 11 is 1.60. The number of aryl methyl sites for hydroxylation is 1. The van der Waals surface area contributed by atoms with Crippen LogP contribution in [-0.4, -0.2) is 16.2 Å². The first-order valence-electron chi connectivity index (χ1n) is 4.44. The van der Waals surface area contributed by atoms with E-state index in [9.17, 15) is 0 Å². The van der Waals surface area contributed by atoms with Crippen molar-refractivity contribution in [2.45, 2.75) is 24.4 Å². The zero-order valence-electron chi connectivity index (χ0n) is 7.66. The molecule has 0 N–H and O–H groups in total. The van der Waals surface area contributed by atoms with Gasteiger partial charge in [0.1, 0.15) is 0 Å². The molecule has 0 aromatic carbocycles. The topological polar surface area (TPSA) is 25.8 Å². The van der Waals surface area contributed by atoms with E-state index in [4.69, 9.17) is 0 Å². The molecule has 0 aliphatic heterocycles. The number of fused-ring (bicyclic) bond motifs is 1. The van der Waals surface area contributed by atoms with Crippen LogP contribution < -0.4 is 0 Å². The Morgan fingerprint density at radius 1 is 1.38 bits per heavy atom. The van der Waals surface area contributed by atoms with Crippen molar-refractivity contribution in [3.63, 3.8) is 0 Å². The fourth-order valence-corrected chi connectivity index (χ4v) is 1.82. The molecular formula is C10H12N2S. The third-order valence-electron chi connectivity index (χ3n) is 2.17. The minimum Gasteiger partial charge on any atom is -0.231 e. The number of nitrogens with zero attached hydrogens (tertiary/aromatic N) is 2. The molecule has 1 heterocycles. The van der Waals surface area contributed by atoms with E-state index in [2.05, 4.69) is 22.1 Å². The molecule has 68 valence electrons. The maximum Gasteiger partial charge on any atom is 0.187 e. The van der Waals surface area contributed by atoms with Crippen molar-refractivity contribution in [3.8, 4) is 0 Å². The molecule has 3 heteroatoms. The van der Waals surface area contributed by atoms with Crippen molar-refractivity contribution >= 4 is 11.8 Å². The van der Waals surface area contributed by atoms with Gasteiger partial charge in [0.25, 0.3) is 0 Å². The molecule has 1 aromatic rings. The second-order valence-electron chi connectivity index (χ2n) is 3.04. The molecule has 2 rings (SSSR count). The van der Waals surface area contributed by atoms with Gasteiger partial charge < -0.3 is 0 Å². The van der Waals surface area contributed by atoms with Gasteiger partial charge in [0.2, 0.25) is 0 Å². The summed E-state index contributed by atoms with van der Waals surface area (Å²) < 4.78 is 0. The van der Waals surface area contributed by atoms with Gasteiger partial charge in [0, 0.05) is 12.6 Å². The third kappa shape index (κ3) is 1.91. The van der Waals surface area contributed by atoms with Crippen LogP contribution in [0.2, 0.25) is 0 Å². The fraction of sp³-hybridized carbons (Fsp3) is 0.400. The highest BCUT2D eigenvalue weighted by molar-refractivity contribution is 7.98. The van der Waals surface area contributed by atoms with E-state index in [0.29, 0.717) is 0 Å². The van der Waals surface area contributed by atoms with Gasteiger partial charge in [0.15, 0.2) is 5.16 Å². The quantitative estimate of drug-likeness (QED) is 0.388. The lowest BCUT2D eigenvalue weighted by molar-refractivity contribution is 0.864. The van der Waals surface area contributed by atoms with Crippen LogP contribution in [0.4, 0.5) is 0 Å². The highest BCUT2D eigenvalue weighted by Crippen LogP contribution is 2.16. The SMILES string of the molecule is CSc1ncc2c(n1)CC=CCC2. The van der Waals surface area contributed by atoms with Crippen LogP contribution in [0.1, 0.15) is 17.7 Å². The first-order chi connectivity index (χ1) is 6.40.